The van der Waals surface area contributed by atoms with Crippen molar-refractivity contribution < 1.29 is 13.2 Å². The molecule has 1 atom stereocenters. The van der Waals surface area contributed by atoms with Gasteiger partial charge in [0.15, 0.2) is 0 Å². The molecule has 1 aliphatic heterocycles. The van der Waals surface area contributed by atoms with Crippen molar-refractivity contribution >= 4 is 15.9 Å². The predicted octanol–water partition coefficient (Wildman–Crippen LogP) is 3.12. The van der Waals surface area contributed by atoms with Crippen LogP contribution >= 0.6 is 0 Å². The molecule has 0 aliphatic carbocycles. The number of aryl methyl sites for hydroxylation is 1. The summed E-state index contributed by atoms with van der Waals surface area (Å²) in [6, 6.07) is 8.49. The van der Waals surface area contributed by atoms with Gasteiger partial charge >= 0.3 is 0 Å². The Morgan fingerprint density at radius 2 is 1.77 bits per heavy atom. The molecule has 0 radical (unpaired) electrons. The molecule has 0 aromatic heterocycles. The summed E-state index contributed by atoms with van der Waals surface area (Å²) in [4.78, 5) is 12.7. The van der Waals surface area contributed by atoms with Crippen molar-refractivity contribution in [3.05, 3.63) is 35.4 Å². The minimum Gasteiger partial charge on any atom is -0.349 e. The van der Waals surface area contributed by atoms with Crippen molar-refractivity contribution in [1.29, 1.82) is 0 Å². The molecule has 1 N–H and O–H groups in total. The van der Waals surface area contributed by atoms with E-state index in [2.05, 4.69) is 50.4 Å². The zero-order chi connectivity index (χ0) is 19.3. The Morgan fingerprint density at radius 3 is 2.23 bits per heavy atom. The molecule has 0 spiro atoms. The van der Waals surface area contributed by atoms with Gasteiger partial charge in [0.2, 0.25) is 15.9 Å². The average Bonchev–Trinajstić information content (AvgIpc) is 2.60. The second-order valence-corrected chi connectivity index (χ2v) is 9.64. The summed E-state index contributed by atoms with van der Waals surface area (Å²) in [5.41, 5.74) is 2.44. The summed E-state index contributed by atoms with van der Waals surface area (Å²) in [6.45, 7) is 7.23. The summed E-state index contributed by atoms with van der Waals surface area (Å²) >= 11 is 0. The van der Waals surface area contributed by atoms with Gasteiger partial charge in [-0.05, 0) is 36.3 Å². The van der Waals surface area contributed by atoms with E-state index in [1.165, 1.54) is 16.1 Å². The third kappa shape index (κ3) is 5.55. The number of amides is 1. The fraction of sp³-hybridized carbons (Fsp3) is 0.650. The van der Waals surface area contributed by atoms with Crippen molar-refractivity contribution in [3.63, 3.8) is 0 Å². The SMILES string of the molecule is CCCc1ccc(C(NC(=O)C2CCN(S(C)(=O)=O)CC2)C(C)C)cc1. The largest absolute Gasteiger partial charge is 0.349 e. The number of sulfonamides is 1. The van der Waals surface area contributed by atoms with E-state index in [9.17, 15) is 13.2 Å². The monoisotopic (exact) mass is 380 g/mol. The minimum absolute atomic E-state index is 0.0221. The van der Waals surface area contributed by atoms with Crippen LogP contribution in [0.2, 0.25) is 0 Å². The first-order chi connectivity index (χ1) is 12.2. The second kappa shape index (κ2) is 9.00. The van der Waals surface area contributed by atoms with Crippen LogP contribution in [0.25, 0.3) is 0 Å². The standard InChI is InChI=1S/C20H32N2O3S/c1-5-6-16-7-9-17(10-8-16)19(15(2)3)21-20(23)18-11-13-22(14-12-18)26(4,24)25/h7-10,15,18-19H,5-6,11-14H2,1-4H3,(H,21,23). The Hall–Kier alpha value is -1.40. The maximum absolute atomic E-state index is 12.7. The molecule has 0 saturated carbocycles. The van der Waals surface area contributed by atoms with Crippen molar-refractivity contribution in [1.82, 2.24) is 9.62 Å². The van der Waals surface area contributed by atoms with Crippen molar-refractivity contribution in [2.45, 2.75) is 52.5 Å². The molecular weight excluding hydrogens is 348 g/mol. The lowest BCUT2D eigenvalue weighted by Gasteiger charge is -2.31. The van der Waals surface area contributed by atoms with Gasteiger partial charge < -0.3 is 5.32 Å². The molecule has 1 aromatic carbocycles. The first kappa shape index (κ1) is 20.9. The van der Waals surface area contributed by atoms with Crippen molar-refractivity contribution in [2.24, 2.45) is 11.8 Å². The molecule has 26 heavy (non-hydrogen) atoms. The molecule has 1 amide bonds. The van der Waals surface area contributed by atoms with E-state index in [0.717, 1.165) is 18.4 Å². The maximum Gasteiger partial charge on any atom is 0.223 e. The normalized spacial score (nSPS) is 18.0. The highest BCUT2D eigenvalue weighted by atomic mass is 32.2. The molecule has 1 fully saturated rings. The summed E-state index contributed by atoms with van der Waals surface area (Å²) in [6.07, 6.45) is 4.58. The number of hydrogen-bond donors (Lipinski definition) is 1. The van der Waals surface area contributed by atoms with E-state index in [-0.39, 0.29) is 23.8 Å². The number of nitrogens with one attached hydrogen (secondary N) is 1. The number of hydrogen-bond acceptors (Lipinski definition) is 3. The van der Waals surface area contributed by atoms with Crippen LogP contribution in [-0.2, 0) is 21.2 Å². The third-order valence-electron chi connectivity index (χ3n) is 5.14. The summed E-state index contributed by atoms with van der Waals surface area (Å²) in [7, 11) is -3.16. The van der Waals surface area contributed by atoms with Crippen LogP contribution in [0.15, 0.2) is 24.3 Å². The molecule has 1 aromatic rings. The van der Waals surface area contributed by atoms with Crippen LogP contribution in [0, 0.1) is 11.8 Å². The molecular formula is C20H32N2O3S. The number of carbonyl (C=O) groups excluding carboxylic acids is 1. The number of benzene rings is 1. The summed E-state index contributed by atoms with van der Waals surface area (Å²) in [5.74, 6) is 0.204. The zero-order valence-corrected chi connectivity index (χ0v) is 17.2. The topological polar surface area (TPSA) is 66.5 Å². The second-order valence-electron chi connectivity index (χ2n) is 7.66. The van der Waals surface area contributed by atoms with E-state index >= 15 is 0 Å². The Labute approximate surface area is 158 Å². The van der Waals surface area contributed by atoms with E-state index < -0.39 is 10.0 Å². The lowest BCUT2D eigenvalue weighted by atomic mass is 9.92. The highest BCUT2D eigenvalue weighted by Crippen LogP contribution is 2.25. The van der Waals surface area contributed by atoms with Crippen LogP contribution in [-0.4, -0.2) is 38.0 Å². The third-order valence-corrected chi connectivity index (χ3v) is 6.44. The summed E-state index contributed by atoms with van der Waals surface area (Å²) in [5, 5.41) is 3.20. The molecule has 6 heteroatoms. The van der Waals surface area contributed by atoms with Gasteiger partial charge in [0.05, 0.1) is 12.3 Å². The Bertz CT molecular complexity index is 690. The van der Waals surface area contributed by atoms with E-state index in [4.69, 9.17) is 0 Å². The minimum atomic E-state index is -3.16. The lowest BCUT2D eigenvalue weighted by molar-refractivity contribution is -0.127. The Balaban J connectivity index is 2.00. The van der Waals surface area contributed by atoms with Crippen LogP contribution in [0.4, 0.5) is 0 Å². The molecule has 1 unspecified atom stereocenters. The first-order valence-corrected chi connectivity index (χ1v) is 11.4. The molecule has 1 saturated heterocycles. The number of rotatable bonds is 7. The van der Waals surface area contributed by atoms with Gasteiger partial charge in [0.1, 0.15) is 0 Å². The number of nitrogens with zero attached hydrogens (tertiary/aromatic N) is 1. The molecule has 2 rings (SSSR count). The quantitative estimate of drug-likeness (QED) is 0.790. The van der Waals surface area contributed by atoms with Crippen LogP contribution in [0.3, 0.4) is 0 Å². The molecule has 1 aliphatic rings. The highest BCUT2D eigenvalue weighted by Gasteiger charge is 2.30. The molecule has 146 valence electrons. The zero-order valence-electron chi connectivity index (χ0n) is 16.4. The first-order valence-electron chi connectivity index (χ1n) is 9.56. The van der Waals surface area contributed by atoms with Crippen LogP contribution < -0.4 is 5.32 Å². The number of piperidine rings is 1. The van der Waals surface area contributed by atoms with Gasteiger partial charge in [-0.15, -0.1) is 0 Å². The van der Waals surface area contributed by atoms with E-state index in [1.807, 2.05) is 0 Å². The smallest absolute Gasteiger partial charge is 0.223 e. The Morgan fingerprint density at radius 1 is 1.19 bits per heavy atom. The molecule has 1 heterocycles. The molecule has 5 nitrogen and oxygen atoms in total. The fourth-order valence-corrected chi connectivity index (χ4v) is 4.41. The van der Waals surface area contributed by atoms with Gasteiger partial charge in [0.25, 0.3) is 0 Å². The van der Waals surface area contributed by atoms with Gasteiger partial charge in [-0.2, -0.15) is 0 Å². The average molecular weight is 381 g/mol. The van der Waals surface area contributed by atoms with Gasteiger partial charge in [-0.25, -0.2) is 12.7 Å². The number of carbonyl (C=O) groups is 1. The van der Waals surface area contributed by atoms with Crippen LogP contribution in [0.5, 0.6) is 0 Å². The molecule has 0 bridgehead atoms. The highest BCUT2D eigenvalue weighted by molar-refractivity contribution is 7.88. The maximum atomic E-state index is 12.7. The van der Waals surface area contributed by atoms with Crippen molar-refractivity contribution in [2.75, 3.05) is 19.3 Å². The van der Waals surface area contributed by atoms with Gasteiger partial charge in [-0.3, -0.25) is 4.79 Å². The lowest BCUT2D eigenvalue weighted by Crippen LogP contribution is -2.44. The summed E-state index contributed by atoms with van der Waals surface area (Å²) < 4.78 is 24.7. The Kier molecular flexibility index (Phi) is 7.24. The predicted molar refractivity (Wildman–Crippen MR) is 105 cm³/mol. The van der Waals surface area contributed by atoms with E-state index in [1.54, 1.807) is 0 Å². The van der Waals surface area contributed by atoms with Crippen LogP contribution in [0.1, 0.15) is 57.2 Å². The fourth-order valence-electron chi connectivity index (χ4n) is 3.54. The van der Waals surface area contributed by atoms with Crippen molar-refractivity contribution in [3.8, 4) is 0 Å². The van der Waals surface area contributed by atoms with E-state index in [0.29, 0.717) is 25.9 Å². The van der Waals surface area contributed by atoms with Gasteiger partial charge in [0, 0.05) is 19.0 Å². The van der Waals surface area contributed by atoms with Gasteiger partial charge in [-0.1, -0.05) is 51.5 Å².